The van der Waals surface area contributed by atoms with Crippen molar-refractivity contribution in [1.29, 1.82) is 0 Å². The van der Waals surface area contributed by atoms with E-state index >= 15 is 0 Å². The van der Waals surface area contributed by atoms with Crippen LogP contribution in [0, 0.1) is 18.6 Å². The summed E-state index contributed by atoms with van der Waals surface area (Å²) in [6.45, 7) is 1.83. The number of benzene rings is 2. The van der Waals surface area contributed by atoms with Crippen molar-refractivity contribution in [1.82, 2.24) is 4.98 Å². The number of rotatable bonds is 6. The summed E-state index contributed by atoms with van der Waals surface area (Å²) < 4.78 is 26.8. The van der Waals surface area contributed by atoms with Gasteiger partial charge in [-0.1, -0.05) is 12.5 Å². The Bertz CT molecular complexity index is 1220. The molecule has 0 saturated heterocycles. The molecule has 1 fully saturated rings. The Hall–Kier alpha value is -3.65. The minimum atomic E-state index is -1.74. The van der Waals surface area contributed by atoms with E-state index in [9.17, 15) is 23.5 Å². The van der Waals surface area contributed by atoms with Crippen LogP contribution < -0.4 is 11.1 Å². The first-order valence-corrected chi connectivity index (χ1v) is 10.6. The molecule has 1 atom stereocenters. The first-order chi connectivity index (χ1) is 15.7. The number of hydrogen-bond acceptors (Lipinski definition) is 4. The lowest BCUT2D eigenvalue weighted by molar-refractivity contribution is -0.124. The summed E-state index contributed by atoms with van der Waals surface area (Å²) in [5.41, 5.74) is 9.26. The highest BCUT2D eigenvalue weighted by Crippen LogP contribution is 2.38. The zero-order valence-electron chi connectivity index (χ0n) is 17.9. The lowest BCUT2D eigenvalue weighted by Gasteiger charge is -2.26. The molecular formula is C25H23F2N3O3. The number of halogens is 2. The number of primary amides is 1. The molecule has 1 aliphatic carbocycles. The van der Waals surface area contributed by atoms with E-state index in [1.54, 1.807) is 30.5 Å². The number of nitrogens with zero attached hydrogens (tertiary/aromatic N) is 1. The van der Waals surface area contributed by atoms with Gasteiger partial charge in [-0.25, -0.2) is 8.78 Å². The molecule has 4 N–H and O–H groups in total. The predicted molar refractivity (Wildman–Crippen MR) is 119 cm³/mol. The van der Waals surface area contributed by atoms with Crippen LogP contribution >= 0.6 is 0 Å². The first kappa shape index (κ1) is 22.5. The molecule has 1 unspecified atom stereocenters. The van der Waals surface area contributed by atoms with E-state index in [-0.39, 0.29) is 11.5 Å². The van der Waals surface area contributed by atoms with Crippen molar-refractivity contribution < 1.29 is 23.5 Å². The average molecular weight is 451 g/mol. The normalized spacial score (nSPS) is 14.4. The number of aromatic nitrogens is 1. The van der Waals surface area contributed by atoms with Crippen LogP contribution in [0.15, 0.2) is 48.7 Å². The molecule has 8 heteroatoms. The number of carbonyl (C=O) groups is 2. The fraction of sp³-hybridized carbons (Fsp3) is 0.240. The molecule has 1 aliphatic rings. The van der Waals surface area contributed by atoms with Crippen LogP contribution in [0.1, 0.15) is 58.5 Å². The second kappa shape index (κ2) is 9.07. The van der Waals surface area contributed by atoms with Gasteiger partial charge in [0.25, 0.3) is 11.8 Å². The summed E-state index contributed by atoms with van der Waals surface area (Å²) >= 11 is 0. The fourth-order valence-corrected chi connectivity index (χ4v) is 3.99. The van der Waals surface area contributed by atoms with Gasteiger partial charge in [0.2, 0.25) is 0 Å². The van der Waals surface area contributed by atoms with Gasteiger partial charge in [-0.15, -0.1) is 0 Å². The monoisotopic (exact) mass is 451 g/mol. The first-order valence-electron chi connectivity index (χ1n) is 10.6. The number of pyridine rings is 1. The number of carbonyl (C=O) groups excluding carboxylic acids is 2. The molecule has 4 rings (SSSR count). The molecule has 2 aromatic carbocycles. The SMILES string of the molecule is Cc1cc(NC(=O)C(O)c2cc(F)cc(F)c2)ccc1-c1cnc(C2CCC2)c(C(N)=O)c1. The Labute approximate surface area is 189 Å². The number of amides is 2. The van der Waals surface area contributed by atoms with Crippen molar-refractivity contribution in [2.24, 2.45) is 5.73 Å². The third-order valence-corrected chi connectivity index (χ3v) is 5.93. The maximum absolute atomic E-state index is 13.4. The largest absolute Gasteiger partial charge is 0.378 e. The van der Waals surface area contributed by atoms with Crippen LogP contribution in [0.4, 0.5) is 14.5 Å². The van der Waals surface area contributed by atoms with Crippen molar-refractivity contribution in [3.05, 3.63) is 82.7 Å². The summed E-state index contributed by atoms with van der Waals surface area (Å²) in [5.74, 6) is -2.85. The predicted octanol–water partition coefficient (Wildman–Crippen LogP) is 4.37. The van der Waals surface area contributed by atoms with E-state index in [4.69, 9.17) is 5.73 Å². The van der Waals surface area contributed by atoms with Crippen molar-refractivity contribution in [3.63, 3.8) is 0 Å². The minimum absolute atomic E-state index is 0.185. The molecular weight excluding hydrogens is 428 g/mol. The lowest BCUT2D eigenvalue weighted by atomic mass is 9.80. The van der Waals surface area contributed by atoms with Crippen LogP contribution in [0.2, 0.25) is 0 Å². The number of aliphatic hydroxyl groups is 1. The molecule has 170 valence electrons. The molecule has 1 heterocycles. The summed E-state index contributed by atoms with van der Waals surface area (Å²) in [7, 11) is 0. The fourth-order valence-electron chi connectivity index (χ4n) is 3.99. The summed E-state index contributed by atoms with van der Waals surface area (Å²) in [4.78, 5) is 28.9. The van der Waals surface area contributed by atoms with Gasteiger partial charge in [-0.05, 0) is 66.8 Å². The Morgan fingerprint density at radius 2 is 1.82 bits per heavy atom. The molecule has 1 saturated carbocycles. The standard InChI is InChI=1S/C25H23F2N3O3/c1-13-7-19(30-25(33)23(31)15-8-17(26)11-18(27)9-15)5-6-20(13)16-10-21(24(28)32)22(29-12-16)14-3-2-4-14/h5-12,14,23,31H,2-4H2,1H3,(H2,28,32)(H,30,33). The molecule has 33 heavy (non-hydrogen) atoms. The third kappa shape index (κ3) is 4.75. The second-order valence-electron chi connectivity index (χ2n) is 8.27. The molecule has 1 aromatic heterocycles. The number of nitrogens with two attached hydrogens (primary N) is 1. The van der Waals surface area contributed by atoms with Crippen LogP contribution in [0.25, 0.3) is 11.1 Å². The molecule has 0 aliphatic heterocycles. The molecule has 0 radical (unpaired) electrons. The van der Waals surface area contributed by atoms with Crippen molar-refractivity contribution in [3.8, 4) is 11.1 Å². The number of nitrogens with one attached hydrogen (secondary N) is 1. The van der Waals surface area contributed by atoms with Gasteiger partial charge < -0.3 is 16.2 Å². The maximum Gasteiger partial charge on any atom is 0.257 e. The Balaban J connectivity index is 1.55. The van der Waals surface area contributed by atoms with Crippen LogP contribution in [-0.2, 0) is 4.79 Å². The highest BCUT2D eigenvalue weighted by Gasteiger charge is 2.26. The Morgan fingerprint density at radius 3 is 2.39 bits per heavy atom. The van der Waals surface area contributed by atoms with E-state index < -0.39 is 29.6 Å². The van der Waals surface area contributed by atoms with E-state index in [0.29, 0.717) is 17.3 Å². The second-order valence-corrected chi connectivity index (χ2v) is 8.27. The number of hydrogen-bond donors (Lipinski definition) is 3. The molecule has 6 nitrogen and oxygen atoms in total. The molecule has 0 spiro atoms. The number of aliphatic hydroxyl groups excluding tert-OH is 1. The zero-order chi connectivity index (χ0) is 23.7. The van der Waals surface area contributed by atoms with E-state index in [1.165, 1.54) is 0 Å². The Kier molecular flexibility index (Phi) is 6.20. The lowest BCUT2D eigenvalue weighted by Crippen LogP contribution is -2.21. The van der Waals surface area contributed by atoms with E-state index in [1.807, 2.05) is 6.92 Å². The van der Waals surface area contributed by atoms with Gasteiger partial charge in [0.05, 0.1) is 11.3 Å². The highest BCUT2D eigenvalue weighted by atomic mass is 19.1. The zero-order valence-corrected chi connectivity index (χ0v) is 17.9. The Morgan fingerprint density at radius 1 is 1.12 bits per heavy atom. The van der Waals surface area contributed by atoms with Gasteiger partial charge in [0.15, 0.2) is 6.10 Å². The van der Waals surface area contributed by atoms with Crippen LogP contribution in [-0.4, -0.2) is 21.9 Å². The topological polar surface area (TPSA) is 105 Å². The minimum Gasteiger partial charge on any atom is -0.378 e. The molecule has 3 aromatic rings. The molecule has 2 amide bonds. The third-order valence-electron chi connectivity index (χ3n) is 5.93. The maximum atomic E-state index is 13.4. The van der Waals surface area contributed by atoms with Gasteiger partial charge in [-0.3, -0.25) is 14.6 Å². The summed E-state index contributed by atoms with van der Waals surface area (Å²) in [5, 5.41) is 12.7. The van der Waals surface area contributed by atoms with Crippen LogP contribution in [0.3, 0.4) is 0 Å². The molecule has 0 bridgehead atoms. The highest BCUT2D eigenvalue weighted by molar-refractivity contribution is 5.96. The van der Waals surface area contributed by atoms with Crippen molar-refractivity contribution >= 4 is 17.5 Å². The van der Waals surface area contributed by atoms with Gasteiger partial charge in [0.1, 0.15) is 11.6 Å². The van der Waals surface area contributed by atoms with Crippen LogP contribution in [0.5, 0.6) is 0 Å². The van der Waals surface area contributed by atoms with Gasteiger partial charge in [0, 0.05) is 29.4 Å². The summed E-state index contributed by atoms with van der Waals surface area (Å²) in [6.07, 6.45) is 3.07. The number of anilines is 1. The van der Waals surface area contributed by atoms with Crippen molar-refractivity contribution in [2.45, 2.75) is 38.2 Å². The quantitative estimate of drug-likeness (QED) is 0.517. The van der Waals surface area contributed by atoms with Crippen molar-refractivity contribution in [2.75, 3.05) is 5.32 Å². The smallest absolute Gasteiger partial charge is 0.257 e. The number of aryl methyl sites for hydroxylation is 1. The van der Waals surface area contributed by atoms with Gasteiger partial charge in [-0.2, -0.15) is 0 Å². The summed E-state index contributed by atoms with van der Waals surface area (Å²) in [6, 6.07) is 9.28. The average Bonchev–Trinajstić information content (AvgIpc) is 2.71. The van der Waals surface area contributed by atoms with E-state index in [0.717, 1.165) is 53.8 Å². The van der Waals surface area contributed by atoms with Gasteiger partial charge >= 0.3 is 0 Å². The van der Waals surface area contributed by atoms with E-state index in [2.05, 4.69) is 10.3 Å².